The molecule has 2 rings (SSSR count). The maximum atomic E-state index is 13.1. The molecule has 1 aromatic rings. The summed E-state index contributed by atoms with van der Waals surface area (Å²) in [6.07, 6.45) is -4.53. The zero-order chi connectivity index (χ0) is 19.2. The van der Waals surface area contributed by atoms with Crippen molar-refractivity contribution < 1.29 is 27.4 Å². The van der Waals surface area contributed by atoms with Gasteiger partial charge < -0.3 is 9.47 Å². The van der Waals surface area contributed by atoms with Crippen LogP contribution in [0.25, 0.3) is 0 Å². The molecule has 0 radical (unpaired) electrons. The molecule has 1 saturated heterocycles. The lowest BCUT2D eigenvalue weighted by Crippen LogP contribution is -2.51. The van der Waals surface area contributed by atoms with Crippen molar-refractivity contribution in [3.05, 3.63) is 35.4 Å². The molecule has 0 aromatic heterocycles. The van der Waals surface area contributed by atoms with E-state index in [1.165, 1.54) is 12.1 Å². The smallest absolute Gasteiger partial charge is 0.416 e. The molecule has 142 valence electrons. The first-order valence-corrected chi connectivity index (χ1v) is 8.41. The Morgan fingerprint density at radius 1 is 1.31 bits per heavy atom. The predicted molar refractivity (Wildman–Crippen MR) is 87.0 cm³/mol. The van der Waals surface area contributed by atoms with Crippen molar-refractivity contribution in [3.63, 3.8) is 0 Å². The van der Waals surface area contributed by atoms with Crippen LogP contribution in [0.5, 0.6) is 0 Å². The molecule has 1 fully saturated rings. The number of ether oxygens (including phenoxy) is 2. The summed E-state index contributed by atoms with van der Waals surface area (Å²) < 4.78 is 49.6. The second-order valence-electron chi connectivity index (χ2n) is 5.96. The third kappa shape index (κ3) is 4.54. The summed E-state index contributed by atoms with van der Waals surface area (Å²) in [5, 5.41) is 9.95. The zero-order valence-corrected chi connectivity index (χ0v) is 14.5. The van der Waals surface area contributed by atoms with E-state index in [9.17, 15) is 23.2 Å². The van der Waals surface area contributed by atoms with Gasteiger partial charge in [0.25, 0.3) is 0 Å². The van der Waals surface area contributed by atoms with E-state index in [4.69, 9.17) is 9.47 Å². The number of nitrogens with zero attached hydrogens (tertiary/aromatic N) is 2. The molecule has 26 heavy (non-hydrogen) atoms. The molecule has 1 heterocycles. The number of rotatable bonds is 6. The van der Waals surface area contributed by atoms with Crippen LogP contribution in [0, 0.1) is 11.3 Å². The highest BCUT2D eigenvalue weighted by Crippen LogP contribution is 2.37. The molecule has 0 bridgehead atoms. The van der Waals surface area contributed by atoms with Gasteiger partial charge >= 0.3 is 12.1 Å². The lowest BCUT2D eigenvalue weighted by atomic mass is 9.83. The fourth-order valence-electron chi connectivity index (χ4n) is 3.09. The molecule has 1 unspecified atom stereocenters. The Labute approximate surface area is 150 Å². The Morgan fingerprint density at radius 2 is 1.96 bits per heavy atom. The first kappa shape index (κ1) is 20.2. The Morgan fingerprint density at radius 3 is 2.54 bits per heavy atom. The summed E-state index contributed by atoms with van der Waals surface area (Å²) >= 11 is 0. The van der Waals surface area contributed by atoms with Crippen molar-refractivity contribution in [1.82, 2.24) is 4.90 Å². The van der Waals surface area contributed by atoms with E-state index in [2.05, 4.69) is 6.07 Å². The number of hydrogen-bond acceptors (Lipinski definition) is 5. The second kappa shape index (κ2) is 8.52. The number of hydrogen-bond donors (Lipinski definition) is 0. The standard InChI is InChI=1S/C18H21F3N2O3/c1-2-26-16(24)6-7-17(13-22,23-8-10-25-11-9-23)14-4-3-5-15(12-14)18(19,20)21/h3-5,12H,2,6-11H2,1H3. The van der Waals surface area contributed by atoms with Crippen molar-refractivity contribution in [2.75, 3.05) is 32.9 Å². The molecular weight excluding hydrogens is 349 g/mol. The highest BCUT2D eigenvalue weighted by Gasteiger charge is 2.41. The van der Waals surface area contributed by atoms with Crippen molar-refractivity contribution in [1.29, 1.82) is 5.26 Å². The van der Waals surface area contributed by atoms with Gasteiger partial charge in [0.05, 0.1) is 31.5 Å². The Kier molecular flexibility index (Phi) is 6.62. The van der Waals surface area contributed by atoms with Crippen LogP contribution in [0.15, 0.2) is 24.3 Å². The van der Waals surface area contributed by atoms with E-state index in [0.717, 1.165) is 12.1 Å². The monoisotopic (exact) mass is 370 g/mol. The minimum Gasteiger partial charge on any atom is -0.466 e. The van der Waals surface area contributed by atoms with Gasteiger partial charge in [-0.1, -0.05) is 12.1 Å². The van der Waals surface area contributed by atoms with Crippen LogP contribution >= 0.6 is 0 Å². The Bertz CT molecular complexity index is 666. The number of nitriles is 1. The van der Waals surface area contributed by atoms with Crippen molar-refractivity contribution in [2.45, 2.75) is 31.5 Å². The molecule has 1 aliphatic heterocycles. The van der Waals surface area contributed by atoms with E-state index in [1.807, 2.05) is 0 Å². The number of carbonyl (C=O) groups excluding carboxylic acids is 1. The van der Waals surface area contributed by atoms with E-state index in [1.54, 1.807) is 11.8 Å². The van der Waals surface area contributed by atoms with Crippen LogP contribution < -0.4 is 0 Å². The van der Waals surface area contributed by atoms with Gasteiger partial charge in [-0.05, 0) is 31.0 Å². The lowest BCUT2D eigenvalue weighted by Gasteiger charge is -2.41. The first-order chi connectivity index (χ1) is 12.3. The van der Waals surface area contributed by atoms with E-state index in [0.29, 0.717) is 26.3 Å². The zero-order valence-electron chi connectivity index (χ0n) is 14.5. The molecule has 0 amide bonds. The summed E-state index contributed by atoms with van der Waals surface area (Å²) in [6, 6.07) is 6.92. The third-order valence-electron chi connectivity index (χ3n) is 4.40. The number of halogens is 3. The number of alkyl halides is 3. The van der Waals surface area contributed by atoms with Gasteiger partial charge in [-0.2, -0.15) is 18.4 Å². The molecular formula is C18H21F3N2O3. The molecule has 8 heteroatoms. The normalized spacial score (nSPS) is 18.0. The largest absolute Gasteiger partial charge is 0.466 e. The fourth-order valence-corrected chi connectivity index (χ4v) is 3.09. The molecule has 1 aliphatic rings. The number of carbonyl (C=O) groups is 1. The molecule has 1 atom stereocenters. The molecule has 0 aliphatic carbocycles. The van der Waals surface area contributed by atoms with Crippen LogP contribution in [0.3, 0.4) is 0 Å². The quantitative estimate of drug-likeness (QED) is 0.720. The molecule has 0 N–H and O–H groups in total. The third-order valence-corrected chi connectivity index (χ3v) is 4.40. The van der Waals surface area contributed by atoms with Crippen LogP contribution in [0.4, 0.5) is 13.2 Å². The first-order valence-electron chi connectivity index (χ1n) is 8.41. The number of morpholine rings is 1. The average Bonchev–Trinajstić information content (AvgIpc) is 2.63. The van der Waals surface area contributed by atoms with Gasteiger partial charge in [0, 0.05) is 19.5 Å². The highest BCUT2D eigenvalue weighted by atomic mass is 19.4. The predicted octanol–water partition coefficient (Wildman–Crippen LogP) is 3.10. The topological polar surface area (TPSA) is 62.6 Å². The van der Waals surface area contributed by atoms with Gasteiger partial charge in [0.15, 0.2) is 0 Å². The summed E-state index contributed by atoms with van der Waals surface area (Å²) in [5.74, 6) is -0.479. The Balaban J connectivity index is 2.42. The summed E-state index contributed by atoms with van der Waals surface area (Å²) in [6.45, 7) is 3.42. The van der Waals surface area contributed by atoms with Crippen LogP contribution in [0.2, 0.25) is 0 Å². The SMILES string of the molecule is CCOC(=O)CCC(C#N)(c1cccc(C(F)(F)F)c1)N1CCOCC1. The van der Waals surface area contributed by atoms with Crippen molar-refractivity contribution in [2.24, 2.45) is 0 Å². The lowest BCUT2D eigenvalue weighted by molar-refractivity contribution is -0.144. The van der Waals surface area contributed by atoms with Gasteiger partial charge in [0.2, 0.25) is 0 Å². The summed E-state index contributed by atoms with van der Waals surface area (Å²) in [7, 11) is 0. The molecule has 1 aromatic carbocycles. The van der Waals surface area contributed by atoms with Crippen LogP contribution in [-0.2, 0) is 26.0 Å². The summed E-state index contributed by atoms with van der Waals surface area (Å²) in [5.41, 5.74) is -1.95. The average molecular weight is 370 g/mol. The maximum Gasteiger partial charge on any atom is 0.416 e. The molecule has 5 nitrogen and oxygen atoms in total. The number of benzene rings is 1. The maximum absolute atomic E-state index is 13.1. The van der Waals surface area contributed by atoms with Gasteiger partial charge in [-0.3, -0.25) is 9.69 Å². The van der Waals surface area contributed by atoms with E-state index < -0.39 is 23.2 Å². The second-order valence-corrected chi connectivity index (χ2v) is 5.96. The van der Waals surface area contributed by atoms with Crippen molar-refractivity contribution in [3.8, 4) is 6.07 Å². The summed E-state index contributed by atoms with van der Waals surface area (Å²) in [4.78, 5) is 13.6. The van der Waals surface area contributed by atoms with Gasteiger partial charge in [-0.15, -0.1) is 0 Å². The van der Waals surface area contributed by atoms with E-state index in [-0.39, 0.29) is 25.0 Å². The fraction of sp³-hybridized carbons (Fsp3) is 0.556. The van der Waals surface area contributed by atoms with E-state index >= 15 is 0 Å². The Hall–Kier alpha value is -2.11. The van der Waals surface area contributed by atoms with Crippen molar-refractivity contribution >= 4 is 5.97 Å². The highest BCUT2D eigenvalue weighted by molar-refractivity contribution is 5.69. The molecule has 0 spiro atoms. The minimum atomic E-state index is -4.51. The van der Waals surface area contributed by atoms with Gasteiger partial charge in [0.1, 0.15) is 5.54 Å². The number of esters is 1. The molecule has 0 saturated carbocycles. The van der Waals surface area contributed by atoms with Crippen LogP contribution in [0.1, 0.15) is 30.9 Å². The minimum absolute atomic E-state index is 0.0453. The van der Waals surface area contributed by atoms with Crippen LogP contribution in [-0.4, -0.2) is 43.8 Å². The van der Waals surface area contributed by atoms with Gasteiger partial charge in [-0.25, -0.2) is 0 Å².